The van der Waals surface area contributed by atoms with E-state index in [1.54, 1.807) is 0 Å². The van der Waals surface area contributed by atoms with Crippen molar-refractivity contribution in [1.82, 2.24) is 9.55 Å². The van der Waals surface area contributed by atoms with Crippen molar-refractivity contribution in [1.29, 1.82) is 0 Å². The van der Waals surface area contributed by atoms with E-state index >= 15 is 0 Å². The Morgan fingerprint density at radius 2 is 2.00 bits per heavy atom. The number of rotatable bonds is 2. The standard InChI is InChI=1S/C14H19ClN2/c1-14(2,3)13-16-11-9-10(7-8-15)5-6-12(11)17(13)4/h5-6,9H,7-8H2,1-4H3. The summed E-state index contributed by atoms with van der Waals surface area (Å²) in [4.78, 5) is 4.75. The van der Waals surface area contributed by atoms with E-state index in [4.69, 9.17) is 16.6 Å². The number of aromatic nitrogens is 2. The van der Waals surface area contributed by atoms with Crippen LogP contribution in [0.2, 0.25) is 0 Å². The van der Waals surface area contributed by atoms with Gasteiger partial charge in [-0.3, -0.25) is 0 Å². The Kier molecular flexibility index (Phi) is 3.17. The first-order valence-electron chi connectivity index (χ1n) is 5.95. The summed E-state index contributed by atoms with van der Waals surface area (Å²) in [5.41, 5.74) is 3.58. The van der Waals surface area contributed by atoms with Gasteiger partial charge in [0.1, 0.15) is 5.82 Å². The molecule has 0 N–H and O–H groups in total. The van der Waals surface area contributed by atoms with E-state index in [2.05, 4.69) is 50.6 Å². The Hall–Kier alpha value is -1.02. The number of imidazole rings is 1. The molecule has 0 bridgehead atoms. The van der Waals surface area contributed by atoms with Gasteiger partial charge in [0.25, 0.3) is 0 Å². The summed E-state index contributed by atoms with van der Waals surface area (Å²) in [6, 6.07) is 6.42. The van der Waals surface area contributed by atoms with Crippen molar-refractivity contribution < 1.29 is 0 Å². The van der Waals surface area contributed by atoms with Crippen molar-refractivity contribution in [3.8, 4) is 0 Å². The Morgan fingerprint density at radius 1 is 1.29 bits per heavy atom. The molecule has 0 amide bonds. The van der Waals surface area contributed by atoms with Crippen LogP contribution in [0.5, 0.6) is 0 Å². The van der Waals surface area contributed by atoms with Gasteiger partial charge in [-0.1, -0.05) is 26.8 Å². The van der Waals surface area contributed by atoms with Crippen LogP contribution < -0.4 is 0 Å². The number of benzene rings is 1. The fraction of sp³-hybridized carbons (Fsp3) is 0.500. The first kappa shape index (κ1) is 12.4. The molecule has 1 heterocycles. The molecular formula is C14H19ClN2. The molecule has 0 aliphatic carbocycles. The van der Waals surface area contributed by atoms with Crippen LogP contribution in [0.1, 0.15) is 32.2 Å². The van der Waals surface area contributed by atoms with Gasteiger partial charge >= 0.3 is 0 Å². The second kappa shape index (κ2) is 4.34. The average Bonchev–Trinajstić information content (AvgIpc) is 2.56. The zero-order chi connectivity index (χ0) is 12.6. The number of aryl methyl sites for hydroxylation is 2. The van der Waals surface area contributed by atoms with Crippen LogP contribution in [0.3, 0.4) is 0 Å². The lowest BCUT2D eigenvalue weighted by molar-refractivity contribution is 0.526. The molecular weight excluding hydrogens is 232 g/mol. The Bertz CT molecular complexity index is 535. The van der Waals surface area contributed by atoms with E-state index in [0.29, 0.717) is 5.88 Å². The first-order valence-corrected chi connectivity index (χ1v) is 6.49. The Morgan fingerprint density at radius 3 is 2.59 bits per heavy atom. The first-order chi connectivity index (χ1) is 7.93. The molecule has 92 valence electrons. The molecule has 2 rings (SSSR count). The number of halogens is 1. The number of fused-ring (bicyclic) bond motifs is 1. The van der Waals surface area contributed by atoms with E-state index in [9.17, 15) is 0 Å². The molecule has 0 radical (unpaired) electrons. The lowest BCUT2D eigenvalue weighted by Gasteiger charge is -2.17. The van der Waals surface area contributed by atoms with Crippen LogP contribution in [0, 0.1) is 0 Å². The van der Waals surface area contributed by atoms with Crippen molar-refractivity contribution >= 4 is 22.6 Å². The fourth-order valence-electron chi connectivity index (χ4n) is 2.18. The second-order valence-electron chi connectivity index (χ2n) is 5.51. The van der Waals surface area contributed by atoms with Gasteiger partial charge in [-0.2, -0.15) is 0 Å². The smallest absolute Gasteiger partial charge is 0.115 e. The lowest BCUT2D eigenvalue weighted by atomic mass is 9.96. The molecule has 1 aromatic heterocycles. The number of nitrogens with zero attached hydrogens (tertiary/aromatic N) is 2. The summed E-state index contributed by atoms with van der Waals surface area (Å²) < 4.78 is 2.18. The monoisotopic (exact) mass is 250 g/mol. The van der Waals surface area contributed by atoms with Crippen molar-refractivity contribution in [2.45, 2.75) is 32.6 Å². The Balaban J connectivity index is 2.57. The van der Waals surface area contributed by atoms with Crippen LogP contribution in [0.4, 0.5) is 0 Å². The molecule has 0 fully saturated rings. The van der Waals surface area contributed by atoms with Gasteiger partial charge in [-0.15, -0.1) is 11.6 Å². The summed E-state index contributed by atoms with van der Waals surface area (Å²) in [5, 5.41) is 0. The number of alkyl halides is 1. The molecule has 0 unspecified atom stereocenters. The highest BCUT2D eigenvalue weighted by atomic mass is 35.5. The highest BCUT2D eigenvalue weighted by molar-refractivity contribution is 6.18. The van der Waals surface area contributed by atoms with Crippen molar-refractivity contribution in [3.05, 3.63) is 29.6 Å². The highest BCUT2D eigenvalue weighted by Crippen LogP contribution is 2.25. The van der Waals surface area contributed by atoms with Crippen LogP contribution in [0.25, 0.3) is 11.0 Å². The summed E-state index contributed by atoms with van der Waals surface area (Å²) >= 11 is 5.77. The molecule has 0 atom stereocenters. The van der Waals surface area contributed by atoms with Crippen molar-refractivity contribution in [2.75, 3.05) is 5.88 Å². The molecule has 2 aromatic rings. The molecule has 3 heteroatoms. The highest BCUT2D eigenvalue weighted by Gasteiger charge is 2.21. The van der Waals surface area contributed by atoms with Gasteiger partial charge in [-0.25, -0.2) is 4.98 Å². The molecule has 0 aliphatic rings. The van der Waals surface area contributed by atoms with Crippen LogP contribution in [0.15, 0.2) is 18.2 Å². The third-order valence-electron chi connectivity index (χ3n) is 3.00. The second-order valence-corrected chi connectivity index (χ2v) is 5.88. The maximum atomic E-state index is 5.77. The van der Waals surface area contributed by atoms with Gasteiger partial charge in [0.05, 0.1) is 11.0 Å². The fourth-order valence-corrected chi connectivity index (χ4v) is 2.40. The number of hydrogen-bond donors (Lipinski definition) is 0. The maximum absolute atomic E-state index is 5.77. The van der Waals surface area contributed by atoms with Crippen molar-refractivity contribution in [2.24, 2.45) is 7.05 Å². The zero-order valence-corrected chi connectivity index (χ0v) is 11.7. The topological polar surface area (TPSA) is 17.8 Å². The van der Waals surface area contributed by atoms with Crippen molar-refractivity contribution in [3.63, 3.8) is 0 Å². The molecule has 0 saturated heterocycles. The van der Waals surface area contributed by atoms with Gasteiger partial charge in [0.2, 0.25) is 0 Å². The summed E-state index contributed by atoms with van der Waals surface area (Å²) in [7, 11) is 2.08. The quantitative estimate of drug-likeness (QED) is 0.744. The third-order valence-corrected chi connectivity index (χ3v) is 3.19. The molecule has 0 spiro atoms. The van der Waals surface area contributed by atoms with Gasteiger partial charge in [-0.05, 0) is 24.1 Å². The number of hydrogen-bond acceptors (Lipinski definition) is 1. The minimum atomic E-state index is 0.0699. The van der Waals surface area contributed by atoms with E-state index < -0.39 is 0 Å². The van der Waals surface area contributed by atoms with Gasteiger partial charge < -0.3 is 4.57 Å². The van der Waals surface area contributed by atoms with Gasteiger partial charge in [0.15, 0.2) is 0 Å². The predicted octanol–water partition coefficient (Wildman–Crippen LogP) is 3.65. The molecule has 0 aliphatic heterocycles. The zero-order valence-electron chi connectivity index (χ0n) is 10.9. The molecule has 2 nitrogen and oxygen atoms in total. The minimum Gasteiger partial charge on any atom is -0.331 e. The Labute approximate surface area is 108 Å². The summed E-state index contributed by atoms with van der Waals surface area (Å²) in [6.07, 6.45) is 0.902. The normalized spacial score (nSPS) is 12.3. The molecule has 1 aromatic carbocycles. The molecule has 0 saturated carbocycles. The van der Waals surface area contributed by atoms with E-state index in [-0.39, 0.29) is 5.41 Å². The largest absolute Gasteiger partial charge is 0.331 e. The third kappa shape index (κ3) is 2.32. The van der Waals surface area contributed by atoms with E-state index in [1.807, 2.05) is 0 Å². The van der Waals surface area contributed by atoms with E-state index in [0.717, 1.165) is 17.8 Å². The molecule has 17 heavy (non-hydrogen) atoms. The summed E-state index contributed by atoms with van der Waals surface area (Å²) in [6.45, 7) is 6.57. The van der Waals surface area contributed by atoms with Gasteiger partial charge in [0, 0.05) is 18.3 Å². The van der Waals surface area contributed by atoms with Crippen LogP contribution in [-0.2, 0) is 18.9 Å². The van der Waals surface area contributed by atoms with E-state index in [1.165, 1.54) is 11.1 Å². The van der Waals surface area contributed by atoms with Crippen LogP contribution >= 0.6 is 11.6 Å². The van der Waals surface area contributed by atoms with Crippen LogP contribution in [-0.4, -0.2) is 15.4 Å². The minimum absolute atomic E-state index is 0.0699. The maximum Gasteiger partial charge on any atom is 0.115 e. The lowest BCUT2D eigenvalue weighted by Crippen LogP contribution is -2.17. The summed E-state index contributed by atoms with van der Waals surface area (Å²) in [5.74, 6) is 1.78. The SMILES string of the molecule is Cn1c(C(C)(C)C)nc2cc(CCCl)ccc21. The average molecular weight is 251 g/mol. The predicted molar refractivity (Wildman–Crippen MR) is 73.8 cm³/mol.